The third-order valence-corrected chi connectivity index (χ3v) is 3.89. The number of nitrogens with zero attached hydrogens (tertiary/aromatic N) is 5. The van der Waals surface area contributed by atoms with Gasteiger partial charge in [0.15, 0.2) is 17.0 Å². The molecule has 2 aliphatic heterocycles. The Morgan fingerprint density at radius 1 is 1.05 bits per heavy atom. The van der Waals surface area contributed by atoms with Crippen LogP contribution in [-0.4, -0.2) is 45.8 Å². The van der Waals surface area contributed by atoms with Gasteiger partial charge in [-0.2, -0.15) is 0 Å². The molecule has 4 rings (SSSR count). The second kappa shape index (κ2) is 4.86. The number of ether oxygens (including phenoxy) is 1. The minimum atomic E-state index is 0.752. The van der Waals surface area contributed by atoms with Gasteiger partial charge in [0.05, 0.1) is 13.2 Å². The molecule has 2 aliphatic rings. The van der Waals surface area contributed by atoms with Crippen LogP contribution in [0.5, 0.6) is 0 Å². The smallest absolute Gasteiger partial charge is 0.165 e. The molecule has 0 saturated carbocycles. The molecule has 0 bridgehead atoms. The van der Waals surface area contributed by atoms with E-state index >= 15 is 0 Å². The van der Waals surface area contributed by atoms with Crippen LogP contribution < -0.4 is 4.90 Å². The normalized spacial score (nSPS) is 19.1. The van der Waals surface area contributed by atoms with E-state index < -0.39 is 0 Å². The summed E-state index contributed by atoms with van der Waals surface area (Å²) in [4.78, 5) is 16.0. The molecule has 6 nitrogen and oxygen atoms in total. The Labute approximate surface area is 117 Å². The summed E-state index contributed by atoms with van der Waals surface area (Å²) in [6.07, 6.45) is 7.96. The molecule has 1 fully saturated rings. The van der Waals surface area contributed by atoms with E-state index in [1.807, 2.05) is 0 Å². The van der Waals surface area contributed by atoms with Gasteiger partial charge in [-0.25, -0.2) is 15.0 Å². The van der Waals surface area contributed by atoms with Crippen LogP contribution in [0.2, 0.25) is 0 Å². The van der Waals surface area contributed by atoms with Crippen LogP contribution in [0, 0.1) is 0 Å². The summed E-state index contributed by atoms with van der Waals surface area (Å²) in [5, 5.41) is 0. The highest BCUT2D eigenvalue weighted by Crippen LogP contribution is 2.25. The summed E-state index contributed by atoms with van der Waals surface area (Å²) in [5.41, 5.74) is 1.89. The molecule has 0 spiro atoms. The molecule has 6 heteroatoms. The number of imidazole rings is 1. The lowest BCUT2D eigenvalue weighted by Crippen LogP contribution is -2.36. The number of hydrogen-bond acceptors (Lipinski definition) is 5. The van der Waals surface area contributed by atoms with Crippen molar-refractivity contribution in [2.75, 3.05) is 31.2 Å². The second-order valence-electron chi connectivity index (χ2n) is 5.11. The highest BCUT2D eigenvalue weighted by atomic mass is 16.5. The summed E-state index contributed by atoms with van der Waals surface area (Å²) in [5.74, 6) is 2.03. The highest BCUT2D eigenvalue weighted by Gasteiger charge is 2.20. The zero-order valence-electron chi connectivity index (χ0n) is 11.3. The van der Waals surface area contributed by atoms with Crippen LogP contribution in [0.3, 0.4) is 0 Å². The fourth-order valence-electron chi connectivity index (χ4n) is 2.88. The summed E-state index contributed by atoms with van der Waals surface area (Å²) in [6, 6.07) is 0. The maximum atomic E-state index is 5.41. The molecule has 20 heavy (non-hydrogen) atoms. The fourth-order valence-corrected chi connectivity index (χ4v) is 2.88. The lowest BCUT2D eigenvalue weighted by atomic mass is 10.3. The standard InChI is InChI=1S/C14H17N5O/c1-2-4-11-17-12-13(18-6-8-20-9-7-18)15-10-16-14(12)19(11)5-3-1/h1-2,10H,3-9H2. The van der Waals surface area contributed by atoms with Crippen molar-refractivity contribution in [3.05, 3.63) is 24.3 Å². The third-order valence-electron chi connectivity index (χ3n) is 3.89. The van der Waals surface area contributed by atoms with E-state index in [9.17, 15) is 0 Å². The molecular formula is C14H17N5O. The lowest BCUT2D eigenvalue weighted by molar-refractivity contribution is 0.122. The van der Waals surface area contributed by atoms with Crippen molar-refractivity contribution in [2.24, 2.45) is 0 Å². The van der Waals surface area contributed by atoms with Crippen molar-refractivity contribution >= 4 is 17.0 Å². The van der Waals surface area contributed by atoms with Crippen molar-refractivity contribution in [1.29, 1.82) is 0 Å². The van der Waals surface area contributed by atoms with Gasteiger partial charge < -0.3 is 14.2 Å². The summed E-state index contributed by atoms with van der Waals surface area (Å²) < 4.78 is 7.63. The van der Waals surface area contributed by atoms with E-state index in [0.717, 1.165) is 68.5 Å². The monoisotopic (exact) mass is 271 g/mol. The summed E-state index contributed by atoms with van der Waals surface area (Å²) in [6.45, 7) is 4.19. The zero-order valence-corrected chi connectivity index (χ0v) is 11.3. The van der Waals surface area contributed by atoms with Crippen LogP contribution in [0.15, 0.2) is 18.5 Å². The largest absolute Gasteiger partial charge is 0.378 e. The molecule has 0 aliphatic carbocycles. The lowest BCUT2D eigenvalue weighted by Gasteiger charge is -2.27. The van der Waals surface area contributed by atoms with Crippen molar-refractivity contribution in [2.45, 2.75) is 19.4 Å². The van der Waals surface area contributed by atoms with Gasteiger partial charge in [0.2, 0.25) is 0 Å². The maximum absolute atomic E-state index is 5.41. The van der Waals surface area contributed by atoms with E-state index in [-0.39, 0.29) is 0 Å². The minimum Gasteiger partial charge on any atom is -0.378 e. The number of aromatic nitrogens is 4. The van der Waals surface area contributed by atoms with E-state index in [4.69, 9.17) is 9.72 Å². The Bertz CT molecular complexity index is 657. The summed E-state index contributed by atoms with van der Waals surface area (Å²) >= 11 is 0. The Morgan fingerprint density at radius 3 is 2.85 bits per heavy atom. The third kappa shape index (κ3) is 1.87. The first kappa shape index (κ1) is 11.8. The number of fused-ring (bicyclic) bond motifs is 3. The van der Waals surface area contributed by atoms with Crippen LogP contribution in [0.4, 0.5) is 5.82 Å². The van der Waals surface area contributed by atoms with Gasteiger partial charge in [-0.15, -0.1) is 0 Å². The number of hydrogen-bond donors (Lipinski definition) is 0. The first-order valence-electron chi connectivity index (χ1n) is 7.11. The van der Waals surface area contributed by atoms with Crippen LogP contribution in [0.1, 0.15) is 12.2 Å². The van der Waals surface area contributed by atoms with Gasteiger partial charge in [-0.1, -0.05) is 12.2 Å². The Morgan fingerprint density at radius 2 is 1.95 bits per heavy atom. The predicted molar refractivity (Wildman–Crippen MR) is 75.8 cm³/mol. The van der Waals surface area contributed by atoms with Gasteiger partial charge in [0.25, 0.3) is 0 Å². The Hall–Kier alpha value is -1.95. The average molecular weight is 271 g/mol. The van der Waals surface area contributed by atoms with Crippen molar-refractivity contribution in [1.82, 2.24) is 19.5 Å². The molecule has 0 atom stereocenters. The van der Waals surface area contributed by atoms with Gasteiger partial charge in [0, 0.05) is 26.1 Å². The van der Waals surface area contributed by atoms with Gasteiger partial charge in [-0.05, 0) is 6.42 Å². The molecule has 104 valence electrons. The zero-order chi connectivity index (χ0) is 13.4. The highest BCUT2D eigenvalue weighted by molar-refractivity contribution is 5.84. The van der Waals surface area contributed by atoms with Crippen molar-refractivity contribution in [3.63, 3.8) is 0 Å². The molecule has 0 unspecified atom stereocenters. The summed E-state index contributed by atoms with van der Waals surface area (Å²) in [7, 11) is 0. The molecule has 0 radical (unpaired) electrons. The van der Waals surface area contributed by atoms with Crippen molar-refractivity contribution < 1.29 is 4.74 Å². The molecule has 0 N–H and O–H groups in total. The second-order valence-corrected chi connectivity index (χ2v) is 5.11. The van der Waals surface area contributed by atoms with Crippen LogP contribution >= 0.6 is 0 Å². The maximum Gasteiger partial charge on any atom is 0.165 e. The molecular weight excluding hydrogens is 254 g/mol. The minimum absolute atomic E-state index is 0.752. The van der Waals surface area contributed by atoms with E-state index in [0.29, 0.717) is 0 Å². The van der Waals surface area contributed by atoms with E-state index in [2.05, 4.69) is 31.6 Å². The number of allylic oxidation sites excluding steroid dienone is 2. The first-order valence-corrected chi connectivity index (χ1v) is 7.11. The number of anilines is 1. The van der Waals surface area contributed by atoms with Gasteiger partial charge >= 0.3 is 0 Å². The fraction of sp³-hybridized carbons (Fsp3) is 0.500. The SMILES string of the molecule is C1=CCc2nc3c(N4CCOCC4)ncnc3n2CC1. The molecule has 2 aromatic heterocycles. The van der Waals surface area contributed by atoms with E-state index in [1.54, 1.807) is 6.33 Å². The molecule has 1 saturated heterocycles. The van der Waals surface area contributed by atoms with E-state index in [1.165, 1.54) is 0 Å². The number of rotatable bonds is 1. The van der Waals surface area contributed by atoms with Gasteiger partial charge in [0.1, 0.15) is 12.2 Å². The quantitative estimate of drug-likeness (QED) is 0.729. The Kier molecular flexibility index (Phi) is 2.88. The first-order chi connectivity index (χ1) is 9.93. The Balaban J connectivity index is 1.84. The van der Waals surface area contributed by atoms with Crippen molar-refractivity contribution in [3.8, 4) is 0 Å². The molecule has 2 aromatic rings. The number of morpholine rings is 1. The topological polar surface area (TPSA) is 56.1 Å². The van der Waals surface area contributed by atoms with Crippen LogP contribution in [-0.2, 0) is 17.7 Å². The average Bonchev–Trinajstić information content (AvgIpc) is 2.70. The predicted octanol–water partition coefficient (Wildman–Crippen LogP) is 1.17. The molecule has 4 heterocycles. The number of aryl methyl sites for hydroxylation is 1. The molecule has 0 amide bonds. The van der Waals surface area contributed by atoms with Crippen LogP contribution in [0.25, 0.3) is 11.2 Å². The molecule has 0 aromatic carbocycles. The van der Waals surface area contributed by atoms with Gasteiger partial charge in [-0.3, -0.25) is 0 Å².